The largest absolute Gasteiger partial charge is 0.504 e. The van der Waals surface area contributed by atoms with Crippen LogP contribution in [0, 0.1) is 6.92 Å². The lowest BCUT2D eigenvalue weighted by Gasteiger charge is -2.41. The fraction of sp³-hybridized carbons (Fsp3) is 0.455. The number of nitrogens with zero attached hydrogens (tertiary/aromatic N) is 1. The zero-order valence-electron chi connectivity index (χ0n) is 17.0. The average Bonchev–Trinajstić information content (AvgIpc) is 2.68. The smallest absolute Gasteiger partial charge is 0.168 e. The molecule has 1 aliphatic carbocycles. The number of benzene rings is 2. The zero-order chi connectivity index (χ0) is 19.9. The molecule has 1 unspecified atom stereocenters. The highest BCUT2D eigenvalue weighted by molar-refractivity contribution is 5.85. The molecular formula is C22H29NO4. The Morgan fingerprint density at radius 3 is 2.44 bits per heavy atom. The molecule has 0 aromatic heterocycles. The van der Waals surface area contributed by atoms with Gasteiger partial charge in [-0.15, -0.1) is 0 Å². The van der Waals surface area contributed by atoms with E-state index in [1.165, 1.54) is 11.1 Å². The second-order valence-electron chi connectivity index (χ2n) is 6.91. The first-order chi connectivity index (χ1) is 13.0. The predicted octanol–water partition coefficient (Wildman–Crippen LogP) is 4.20. The van der Waals surface area contributed by atoms with Gasteiger partial charge in [-0.3, -0.25) is 4.90 Å². The molecule has 2 N–H and O–H groups in total. The summed E-state index contributed by atoms with van der Waals surface area (Å²) in [6.45, 7) is 6.86. The highest BCUT2D eigenvalue weighted by atomic mass is 16.5. The van der Waals surface area contributed by atoms with E-state index in [2.05, 4.69) is 11.9 Å². The van der Waals surface area contributed by atoms with Gasteiger partial charge in [0, 0.05) is 18.2 Å². The average molecular weight is 371 g/mol. The highest BCUT2D eigenvalue weighted by Gasteiger charge is 2.37. The Bertz CT molecular complexity index is 876. The second kappa shape index (κ2) is 7.31. The van der Waals surface area contributed by atoms with Crippen LogP contribution in [0.15, 0.2) is 12.1 Å². The van der Waals surface area contributed by atoms with Gasteiger partial charge in [0.15, 0.2) is 23.0 Å². The van der Waals surface area contributed by atoms with Crippen molar-refractivity contribution in [3.8, 4) is 34.1 Å². The van der Waals surface area contributed by atoms with Crippen molar-refractivity contribution in [3.63, 3.8) is 0 Å². The highest BCUT2D eigenvalue weighted by Crippen LogP contribution is 2.54. The topological polar surface area (TPSA) is 62.2 Å². The third-order valence-electron chi connectivity index (χ3n) is 5.72. The van der Waals surface area contributed by atoms with Crippen molar-refractivity contribution in [2.24, 2.45) is 0 Å². The molecule has 2 aromatic carbocycles. The number of aromatic hydroxyl groups is 2. The molecule has 5 nitrogen and oxygen atoms in total. The molecular weight excluding hydrogens is 342 g/mol. The Morgan fingerprint density at radius 2 is 1.81 bits per heavy atom. The minimum atomic E-state index is 0.164. The van der Waals surface area contributed by atoms with Gasteiger partial charge in [-0.1, -0.05) is 13.8 Å². The SMILES string of the molecule is CC.COc1cc2c(c(C)c1O)CC1c3c(cc(O)c(OC)c3-2)CCN1C. The minimum absolute atomic E-state index is 0.164. The second-order valence-corrected chi connectivity index (χ2v) is 6.91. The first-order valence-electron chi connectivity index (χ1n) is 9.50. The lowest BCUT2D eigenvalue weighted by atomic mass is 9.75. The Labute approximate surface area is 161 Å². The van der Waals surface area contributed by atoms with Gasteiger partial charge in [0.05, 0.1) is 14.2 Å². The zero-order valence-corrected chi connectivity index (χ0v) is 17.0. The summed E-state index contributed by atoms with van der Waals surface area (Å²) in [5.41, 5.74) is 6.21. The van der Waals surface area contributed by atoms with Crippen molar-refractivity contribution in [1.82, 2.24) is 4.90 Å². The van der Waals surface area contributed by atoms with E-state index in [0.717, 1.165) is 41.6 Å². The predicted molar refractivity (Wildman–Crippen MR) is 107 cm³/mol. The van der Waals surface area contributed by atoms with Crippen molar-refractivity contribution < 1.29 is 19.7 Å². The van der Waals surface area contributed by atoms with E-state index < -0.39 is 0 Å². The number of methoxy groups -OCH3 is 2. The summed E-state index contributed by atoms with van der Waals surface area (Å²) in [4.78, 5) is 2.34. The Hall–Kier alpha value is -2.40. The number of hydrogen-bond acceptors (Lipinski definition) is 5. The summed E-state index contributed by atoms with van der Waals surface area (Å²) in [6.07, 6.45) is 1.72. The summed E-state index contributed by atoms with van der Waals surface area (Å²) in [5, 5.41) is 21.0. The van der Waals surface area contributed by atoms with Gasteiger partial charge in [0.25, 0.3) is 0 Å². The number of likely N-dealkylation sites (N-methyl/N-ethyl adjacent to an activating group) is 1. The molecule has 0 saturated heterocycles. The summed E-state index contributed by atoms with van der Waals surface area (Å²) in [6, 6.07) is 3.92. The molecule has 1 heterocycles. The molecule has 27 heavy (non-hydrogen) atoms. The Morgan fingerprint density at radius 1 is 1.11 bits per heavy atom. The molecule has 0 spiro atoms. The van der Waals surface area contributed by atoms with E-state index in [4.69, 9.17) is 9.47 Å². The molecule has 2 aliphatic rings. The van der Waals surface area contributed by atoms with Crippen LogP contribution in [0.2, 0.25) is 0 Å². The van der Waals surface area contributed by atoms with Crippen LogP contribution in [0.1, 0.15) is 42.1 Å². The summed E-state index contributed by atoms with van der Waals surface area (Å²) in [7, 11) is 5.26. The fourth-order valence-corrected chi connectivity index (χ4v) is 4.36. The van der Waals surface area contributed by atoms with Gasteiger partial charge in [0.2, 0.25) is 0 Å². The van der Waals surface area contributed by atoms with Crippen LogP contribution in [-0.2, 0) is 12.8 Å². The summed E-state index contributed by atoms with van der Waals surface area (Å²) >= 11 is 0. The first-order valence-corrected chi connectivity index (χ1v) is 9.50. The van der Waals surface area contributed by atoms with E-state index in [9.17, 15) is 10.2 Å². The van der Waals surface area contributed by atoms with Gasteiger partial charge in [-0.25, -0.2) is 0 Å². The molecule has 1 aliphatic heterocycles. The van der Waals surface area contributed by atoms with Crippen molar-refractivity contribution in [2.45, 2.75) is 39.7 Å². The van der Waals surface area contributed by atoms with Crippen molar-refractivity contribution >= 4 is 0 Å². The van der Waals surface area contributed by atoms with E-state index in [-0.39, 0.29) is 17.5 Å². The molecule has 0 radical (unpaired) electrons. The van der Waals surface area contributed by atoms with Crippen LogP contribution in [0.4, 0.5) is 0 Å². The quantitative estimate of drug-likeness (QED) is 0.828. The van der Waals surface area contributed by atoms with Gasteiger partial charge < -0.3 is 19.7 Å². The number of phenols is 2. The number of rotatable bonds is 2. The molecule has 1 atom stereocenters. The Balaban J connectivity index is 0.00000102. The monoisotopic (exact) mass is 371 g/mol. The normalized spacial score (nSPS) is 17.3. The Kier molecular flexibility index (Phi) is 5.24. The maximum Gasteiger partial charge on any atom is 0.168 e. The number of fused-ring (bicyclic) bond motifs is 2. The lowest BCUT2D eigenvalue weighted by molar-refractivity contribution is 0.226. The maximum atomic E-state index is 10.5. The molecule has 146 valence electrons. The van der Waals surface area contributed by atoms with Crippen LogP contribution in [0.3, 0.4) is 0 Å². The summed E-state index contributed by atoms with van der Waals surface area (Å²) < 4.78 is 10.9. The van der Waals surface area contributed by atoms with E-state index in [0.29, 0.717) is 11.5 Å². The number of phenolic OH excluding ortho intramolecular Hbond substituents is 2. The van der Waals surface area contributed by atoms with Crippen molar-refractivity contribution in [1.29, 1.82) is 0 Å². The fourth-order valence-electron chi connectivity index (χ4n) is 4.36. The van der Waals surface area contributed by atoms with Crippen molar-refractivity contribution in [3.05, 3.63) is 34.4 Å². The first kappa shape index (κ1) is 19.4. The molecule has 0 saturated carbocycles. The molecule has 5 heteroatoms. The number of hydrogen-bond donors (Lipinski definition) is 2. The van der Waals surface area contributed by atoms with Crippen LogP contribution >= 0.6 is 0 Å². The van der Waals surface area contributed by atoms with Crippen LogP contribution in [0.5, 0.6) is 23.0 Å². The maximum absolute atomic E-state index is 10.5. The van der Waals surface area contributed by atoms with E-state index >= 15 is 0 Å². The number of ether oxygens (including phenoxy) is 2. The van der Waals surface area contributed by atoms with Gasteiger partial charge >= 0.3 is 0 Å². The lowest BCUT2D eigenvalue weighted by Crippen LogP contribution is -2.35. The molecule has 0 amide bonds. The molecule has 2 aromatic rings. The molecule has 0 fully saturated rings. The minimum Gasteiger partial charge on any atom is -0.504 e. The molecule has 4 rings (SSSR count). The molecule has 0 bridgehead atoms. The van der Waals surface area contributed by atoms with Gasteiger partial charge in [-0.2, -0.15) is 0 Å². The third kappa shape index (κ3) is 2.81. The van der Waals surface area contributed by atoms with Crippen LogP contribution in [-0.4, -0.2) is 42.9 Å². The summed E-state index contributed by atoms with van der Waals surface area (Å²) in [5.74, 6) is 1.28. The van der Waals surface area contributed by atoms with Crippen LogP contribution < -0.4 is 9.47 Å². The van der Waals surface area contributed by atoms with Crippen molar-refractivity contribution in [2.75, 3.05) is 27.8 Å². The standard InChI is InChI=1S/C20H23NO4.C2H6/c1-10-12-8-14-17-11(5-6-21(14)2)7-15(22)20(25-4)18(17)13(12)9-16(24-3)19(10)23;1-2/h7,9,14,22-23H,5-6,8H2,1-4H3;1-2H3. The van der Waals surface area contributed by atoms with E-state index in [1.807, 2.05) is 32.9 Å². The van der Waals surface area contributed by atoms with Crippen LogP contribution in [0.25, 0.3) is 11.1 Å². The third-order valence-corrected chi connectivity index (χ3v) is 5.72. The van der Waals surface area contributed by atoms with Gasteiger partial charge in [-0.05, 0) is 66.8 Å². The van der Waals surface area contributed by atoms with Gasteiger partial charge in [0.1, 0.15) is 0 Å². The van der Waals surface area contributed by atoms with E-state index in [1.54, 1.807) is 14.2 Å².